The largest absolute Gasteiger partial charge is 0.357 e. The molecular weight excluding hydrogens is 264 g/mol. The van der Waals surface area contributed by atoms with Crippen LogP contribution >= 0.6 is 0 Å². The highest BCUT2D eigenvalue weighted by Crippen LogP contribution is 2.17. The Morgan fingerprint density at radius 3 is 2.52 bits per heavy atom. The van der Waals surface area contributed by atoms with Crippen molar-refractivity contribution in [1.82, 2.24) is 10.3 Å². The zero-order chi connectivity index (χ0) is 15.3. The average Bonchev–Trinajstić information content (AvgIpc) is 3.07. The lowest BCUT2D eigenvalue weighted by Crippen LogP contribution is -2.49. The van der Waals surface area contributed by atoms with E-state index in [1.165, 1.54) is 12.8 Å². The van der Waals surface area contributed by atoms with Crippen LogP contribution in [0.3, 0.4) is 0 Å². The number of amides is 1. The normalized spacial score (nSPS) is 15.3. The van der Waals surface area contributed by atoms with Crippen LogP contribution in [-0.2, 0) is 0 Å². The van der Waals surface area contributed by atoms with E-state index in [1.807, 2.05) is 26.0 Å². The zero-order valence-electron chi connectivity index (χ0n) is 13.1. The van der Waals surface area contributed by atoms with Crippen LogP contribution < -0.4 is 16.0 Å². The second-order valence-corrected chi connectivity index (χ2v) is 5.85. The molecule has 21 heavy (non-hydrogen) atoms. The van der Waals surface area contributed by atoms with Crippen molar-refractivity contribution in [3.8, 4) is 0 Å². The summed E-state index contributed by atoms with van der Waals surface area (Å²) in [6.45, 7) is 6.69. The van der Waals surface area contributed by atoms with Gasteiger partial charge in [-0.25, -0.2) is 4.98 Å². The van der Waals surface area contributed by atoms with E-state index >= 15 is 0 Å². The van der Waals surface area contributed by atoms with E-state index in [1.54, 1.807) is 6.20 Å². The van der Waals surface area contributed by atoms with E-state index in [4.69, 9.17) is 5.73 Å². The molecule has 1 aromatic rings. The number of nitrogens with one attached hydrogen (secondary N) is 1. The van der Waals surface area contributed by atoms with Gasteiger partial charge in [0.05, 0.1) is 5.56 Å². The van der Waals surface area contributed by atoms with Crippen molar-refractivity contribution in [2.45, 2.75) is 45.1 Å². The Balaban J connectivity index is 1.93. The molecule has 2 rings (SSSR count). The fourth-order valence-corrected chi connectivity index (χ4v) is 2.51. The summed E-state index contributed by atoms with van der Waals surface area (Å²) < 4.78 is 0. The predicted molar refractivity (Wildman–Crippen MR) is 85.5 cm³/mol. The number of hydrogen-bond donors (Lipinski definition) is 2. The van der Waals surface area contributed by atoms with E-state index in [0.29, 0.717) is 12.1 Å². The van der Waals surface area contributed by atoms with Crippen LogP contribution in [0, 0.1) is 0 Å². The Labute approximate surface area is 126 Å². The summed E-state index contributed by atoms with van der Waals surface area (Å²) in [7, 11) is 0. The summed E-state index contributed by atoms with van der Waals surface area (Å²) in [6, 6.07) is 3.77. The molecule has 1 fully saturated rings. The number of hydrogen-bond acceptors (Lipinski definition) is 4. The molecule has 1 amide bonds. The molecule has 0 unspecified atom stereocenters. The molecule has 0 saturated carbocycles. The first-order valence-corrected chi connectivity index (χ1v) is 7.86. The lowest BCUT2D eigenvalue weighted by atomic mass is 9.94. The fourth-order valence-electron chi connectivity index (χ4n) is 2.51. The van der Waals surface area contributed by atoms with Gasteiger partial charge in [-0.1, -0.05) is 13.8 Å². The number of anilines is 1. The second kappa shape index (κ2) is 6.89. The quantitative estimate of drug-likeness (QED) is 0.840. The van der Waals surface area contributed by atoms with Crippen LogP contribution in [0.15, 0.2) is 18.3 Å². The van der Waals surface area contributed by atoms with Gasteiger partial charge in [0.2, 0.25) is 0 Å². The van der Waals surface area contributed by atoms with Crippen molar-refractivity contribution in [3.63, 3.8) is 0 Å². The number of aromatic nitrogens is 1. The minimum atomic E-state index is -0.321. The van der Waals surface area contributed by atoms with E-state index in [9.17, 15) is 4.79 Å². The average molecular weight is 290 g/mol. The number of nitrogens with zero attached hydrogens (tertiary/aromatic N) is 2. The third-order valence-corrected chi connectivity index (χ3v) is 4.45. The molecule has 0 spiro atoms. The first-order valence-electron chi connectivity index (χ1n) is 7.86. The van der Waals surface area contributed by atoms with E-state index in [2.05, 4.69) is 15.2 Å². The van der Waals surface area contributed by atoms with Crippen LogP contribution in [0.25, 0.3) is 0 Å². The number of rotatable bonds is 6. The molecule has 0 bridgehead atoms. The SMILES string of the molecule is CCC(N)(CC)CNC(=O)c1ccc(N2CCCC2)nc1. The van der Waals surface area contributed by atoms with Crippen molar-refractivity contribution in [1.29, 1.82) is 0 Å². The minimum Gasteiger partial charge on any atom is -0.357 e. The minimum absolute atomic E-state index is 0.104. The molecule has 2 heterocycles. The third kappa shape index (κ3) is 3.94. The molecule has 1 saturated heterocycles. The first-order chi connectivity index (χ1) is 10.1. The second-order valence-electron chi connectivity index (χ2n) is 5.85. The van der Waals surface area contributed by atoms with Crippen LogP contribution in [0.4, 0.5) is 5.82 Å². The van der Waals surface area contributed by atoms with Gasteiger partial charge in [0.1, 0.15) is 5.82 Å². The van der Waals surface area contributed by atoms with Crippen LogP contribution in [0.1, 0.15) is 49.9 Å². The summed E-state index contributed by atoms with van der Waals surface area (Å²) in [5.74, 6) is 0.853. The van der Waals surface area contributed by atoms with Gasteiger partial charge in [0, 0.05) is 31.4 Å². The maximum Gasteiger partial charge on any atom is 0.252 e. The van der Waals surface area contributed by atoms with Crippen molar-refractivity contribution in [2.75, 3.05) is 24.5 Å². The Hall–Kier alpha value is -1.62. The number of nitrogens with two attached hydrogens (primary N) is 1. The number of pyridine rings is 1. The van der Waals surface area contributed by atoms with Crippen LogP contribution in [-0.4, -0.2) is 36.1 Å². The van der Waals surface area contributed by atoms with E-state index in [-0.39, 0.29) is 11.4 Å². The lowest BCUT2D eigenvalue weighted by molar-refractivity contribution is 0.0942. The van der Waals surface area contributed by atoms with Gasteiger partial charge in [0.25, 0.3) is 5.91 Å². The van der Waals surface area contributed by atoms with Crippen molar-refractivity contribution in [2.24, 2.45) is 5.73 Å². The molecule has 116 valence electrons. The summed E-state index contributed by atoms with van der Waals surface area (Å²) in [6.07, 6.45) is 5.78. The van der Waals surface area contributed by atoms with Gasteiger partial charge in [-0.2, -0.15) is 0 Å². The monoisotopic (exact) mass is 290 g/mol. The molecule has 5 nitrogen and oxygen atoms in total. The molecule has 1 aliphatic rings. The Morgan fingerprint density at radius 2 is 2.00 bits per heavy atom. The Kier molecular flexibility index (Phi) is 5.17. The molecule has 1 aromatic heterocycles. The third-order valence-electron chi connectivity index (χ3n) is 4.45. The van der Waals surface area contributed by atoms with E-state index in [0.717, 1.165) is 31.7 Å². The highest BCUT2D eigenvalue weighted by Gasteiger charge is 2.21. The van der Waals surface area contributed by atoms with Crippen molar-refractivity contribution < 1.29 is 4.79 Å². The smallest absolute Gasteiger partial charge is 0.252 e. The molecule has 5 heteroatoms. The molecule has 0 radical (unpaired) electrons. The molecule has 3 N–H and O–H groups in total. The highest BCUT2D eigenvalue weighted by atomic mass is 16.1. The molecular formula is C16H26N4O. The molecule has 1 aliphatic heterocycles. The van der Waals surface area contributed by atoms with E-state index < -0.39 is 0 Å². The molecule has 0 aromatic carbocycles. The summed E-state index contributed by atoms with van der Waals surface area (Å²) in [5, 5.41) is 2.91. The predicted octanol–water partition coefficient (Wildman–Crippen LogP) is 1.93. The van der Waals surface area contributed by atoms with Gasteiger partial charge in [-0.15, -0.1) is 0 Å². The van der Waals surface area contributed by atoms with Gasteiger partial charge in [-0.3, -0.25) is 4.79 Å². The van der Waals surface area contributed by atoms with Gasteiger partial charge in [0.15, 0.2) is 0 Å². The topological polar surface area (TPSA) is 71.2 Å². The zero-order valence-corrected chi connectivity index (χ0v) is 13.1. The standard InChI is InChI=1S/C16H26N4O/c1-3-16(17,4-2)12-19-15(21)13-7-8-14(18-11-13)20-9-5-6-10-20/h7-8,11H,3-6,9-10,12,17H2,1-2H3,(H,19,21). The fraction of sp³-hybridized carbons (Fsp3) is 0.625. The Bertz CT molecular complexity index is 462. The lowest BCUT2D eigenvalue weighted by Gasteiger charge is -2.26. The maximum atomic E-state index is 12.1. The van der Waals surface area contributed by atoms with Gasteiger partial charge >= 0.3 is 0 Å². The van der Waals surface area contributed by atoms with Gasteiger partial charge < -0.3 is 16.0 Å². The van der Waals surface area contributed by atoms with Gasteiger partial charge in [-0.05, 0) is 37.8 Å². The van der Waals surface area contributed by atoms with Crippen LogP contribution in [0.2, 0.25) is 0 Å². The summed E-state index contributed by atoms with van der Waals surface area (Å²) in [5.41, 5.74) is 6.46. The first kappa shape index (κ1) is 15.8. The van der Waals surface area contributed by atoms with Crippen molar-refractivity contribution >= 4 is 11.7 Å². The van der Waals surface area contributed by atoms with Crippen molar-refractivity contribution in [3.05, 3.63) is 23.9 Å². The van der Waals surface area contributed by atoms with Crippen LogP contribution in [0.5, 0.6) is 0 Å². The highest BCUT2D eigenvalue weighted by molar-refractivity contribution is 5.94. The molecule has 0 atom stereocenters. The molecule has 0 aliphatic carbocycles. The Morgan fingerprint density at radius 1 is 1.33 bits per heavy atom. The number of carbonyl (C=O) groups is 1. The maximum absolute atomic E-state index is 12.1. The number of carbonyl (C=O) groups excluding carboxylic acids is 1. The summed E-state index contributed by atoms with van der Waals surface area (Å²) in [4.78, 5) is 18.8. The summed E-state index contributed by atoms with van der Waals surface area (Å²) >= 11 is 0.